The molecule has 3 atom stereocenters. The molecule has 1 saturated heterocycles. The van der Waals surface area contributed by atoms with E-state index in [1.807, 2.05) is 26.9 Å². The molecule has 0 aromatic carbocycles. The molecule has 9 nitrogen and oxygen atoms in total. The number of carbonyl (C=O) groups is 1. The minimum Gasteiger partial charge on any atom is -0.459 e. The molecule has 0 bridgehead atoms. The molecule has 0 saturated carbocycles. The Morgan fingerprint density at radius 1 is 1.23 bits per heavy atom. The normalized spacial score (nSPS) is 20.0. The summed E-state index contributed by atoms with van der Waals surface area (Å²) in [7, 11) is -2.24. The molecule has 1 aliphatic heterocycles. The molecule has 0 aliphatic carbocycles. The fraction of sp³-hybridized carbons (Fsp3) is 0.593. The van der Waals surface area contributed by atoms with Gasteiger partial charge in [-0.3, -0.25) is 14.2 Å². The van der Waals surface area contributed by atoms with Crippen LogP contribution in [0.5, 0.6) is 0 Å². The summed E-state index contributed by atoms with van der Waals surface area (Å²) in [6.45, 7) is 14.2. The van der Waals surface area contributed by atoms with Crippen molar-refractivity contribution in [3.63, 3.8) is 0 Å². The molecule has 0 N–H and O–H groups in total. The Bertz CT molecular complexity index is 1380. The minimum absolute atomic E-state index is 0.0364. The summed E-state index contributed by atoms with van der Waals surface area (Å²) < 4.78 is 65.3. The highest BCUT2D eigenvalue weighted by atomic mass is 28.4. The van der Waals surface area contributed by atoms with E-state index in [-0.39, 0.29) is 35.2 Å². The van der Waals surface area contributed by atoms with Gasteiger partial charge in [-0.2, -0.15) is 17.7 Å². The average Bonchev–Trinajstić information content (AvgIpc) is 3.49. The lowest BCUT2D eigenvalue weighted by Crippen LogP contribution is -2.47. The summed E-state index contributed by atoms with van der Waals surface area (Å²) in [4.78, 5) is 38.8. The molecular weight excluding hydrogens is 549 g/mol. The van der Waals surface area contributed by atoms with Crippen molar-refractivity contribution < 1.29 is 36.3 Å². The number of halogens is 3. The van der Waals surface area contributed by atoms with Gasteiger partial charge < -0.3 is 18.3 Å². The van der Waals surface area contributed by atoms with Crippen molar-refractivity contribution in [3.05, 3.63) is 56.8 Å². The summed E-state index contributed by atoms with van der Waals surface area (Å²) in [5, 5.41) is -0.121. The van der Waals surface area contributed by atoms with Gasteiger partial charge in [-0.15, -0.1) is 0 Å². The number of hydrogen-bond acceptors (Lipinski definition) is 7. The van der Waals surface area contributed by atoms with Crippen molar-refractivity contribution in [1.82, 2.24) is 9.13 Å². The minimum atomic E-state index is -5.15. The molecule has 0 unspecified atom stereocenters. The van der Waals surface area contributed by atoms with E-state index in [1.165, 1.54) is 6.07 Å². The van der Waals surface area contributed by atoms with Gasteiger partial charge in [0.15, 0.2) is 14.1 Å². The first-order valence-corrected chi connectivity index (χ1v) is 15.8. The molecule has 0 spiro atoms. The fourth-order valence-corrected chi connectivity index (χ4v) is 4.77. The van der Waals surface area contributed by atoms with Gasteiger partial charge in [0.1, 0.15) is 24.5 Å². The highest BCUT2D eigenvalue weighted by molar-refractivity contribution is 6.74. The van der Waals surface area contributed by atoms with Gasteiger partial charge in [0.2, 0.25) is 0 Å². The van der Waals surface area contributed by atoms with Gasteiger partial charge >= 0.3 is 17.8 Å². The van der Waals surface area contributed by atoms with Crippen LogP contribution in [-0.4, -0.2) is 48.8 Å². The van der Waals surface area contributed by atoms with E-state index >= 15 is 0 Å². The molecule has 1 aliphatic rings. The van der Waals surface area contributed by atoms with E-state index in [2.05, 4.69) is 32.6 Å². The topological polar surface area (TPSA) is 102 Å². The number of aromatic nitrogens is 2. The third-order valence-corrected chi connectivity index (χ3v) is 11.5. The molecule has 0 amide bonds. The maximum Gasteiger partial charge on any atom is 0.423 e. The molecule has 3 heterocycles. The Hall–Kier alpha value is -2.92. The van der Waals surface area contributed by atoms with Gasteiger partial charge in [0.05, 0.1) is 19.0 Å². The zero-order chi connectivity index (χ0) is 30.0. The molecule has 1 fully saturated rings. The predicted molar refractivity (Wildman–Crippen MR) is 142 cm³/mol. The lowest BCUT2D eigenvalue weighted by atomic mass is 10.2. The molecule has 13 heteroatoms. The third-order valence-electron chi connectivity index (χ3n) is 7.02. The second-order valence-electron chi connectivity index (χ2n) is 11.4. The molecule has 40 heavy (non-hydrogen) atoms. The number of nitrogens with zero attached hydrogens (tertiary/aromatic N) is 2. The van der Waals surface area contributed by atoms with Crippen LogP contribution in [0, 0.1) is 17.8 Å². The number of carbonyl (C=O) groups excluding carboxylic acids is 1. The SMILES string of the molecule is CC(C)C#CCO[C@H]1C[C@H](n2cc(C(F)(F)F)c(=O)n(C(=O)c3ccco3)c2=O)O[C@@H]1CO[Si](C)(C)C(C)(C)C. The summed E-state index contributed by atoms with van der Waals surface area (Å²) in [6.07, 6.45) is -6.42. The summed E-state index contributed by atoms with van der Waals surface area (Å²) in [5.74, 6) is 4.18. The molecule has 3 rings (SSSR count). The summed E-state index contributed by atoms with van der Waals surface area (Å²) in [5.41, 5.74) is -4.80. The van der Waals surface area contributed by atoms with Crippen molar-refractivity contribution in [2.24, 2.45) is 5.92 Å². The van der Waals surface area contributed by atoms with E-state index in [1.54, 1.807) is 0 Å². The number of furan rings is 1. The third kappa shape index (κ3) is 7.04. The Morgan fingerprint density at radius 2 is 1.90 bits per heavy atom. The smallest absolute Gasteiger partial charge is 0.423 e. The van der Waals surface area contributed by atoms with Crippen LogP contribution in [0.2, 0.25) is 18.1 Å². The summed E-state index contributed by atoms with van der Waals surface area (Å²) >= 11 is 0. The monoisotopic (exact) mass is 584 g/mol. The van der Waals surface area contributed by atoms with Crippen molar-refractivity contribution in [3.8, 4) is 11.8 Å². The molecule has 2 aromatic rings. The first-order chi connectivity index (χ1) is 18.4. The van der Waals surface area contributed by atoms with Crippen molar-refractivity contribution in [2.45, 2.75) is 83.8 Å². The van der Waals surface area contributed by atoms with E-state index in [9.17, 15) is 27.6 Å². The fourth-order valence-electron chi connectivity index (χ4n) is 3.76. The van der Waals surface area contributed by atoms with Crippen molar-refractivity contribution in [1.29, 1.82) is 0 Å². The molecule has 220 valence electrons. The molecular formula is C27H35F3N2O7Si. The zero-order valence-corrected chi connectivity index (χ0v) is 24.6. The molecule has 2 aromatic heterocycles. The van der Waals surface area contributed by atoms with Crippen LogP contribution in [0.1, 0.15) is 63.4 Å². The first kappa shape index (κ1) is 31.6. The standard InChI is InChI=1S/C27H35F3N2O7Si/c1-17(2)10-8-12-37-20-14-22(39-21(20)16-38-40(6,7)26(3,4)5)31-15-18(27(28,29)30)23(33)32(25(31)35)24(34)19-11-9-13-36-19/h9,11,13,15,17,20-22H,12,14,16H2,1-7H3/t20-,21+,22+/m0/s1. The lowest BCUT2D eigenvalue weighted by molar-refractivity contribution is -0.139. The number of ether oxygens (including phenoxy) is 2. The first-order valence-electron chi connectivity index (χ1n) is 12.9. The highest BCUT2D eigenvalue weighted by Crippen LogP contribution is 2.38. The second kappa shape index (κ2) is 11.9. The highest BCUT2D eigenvalue weighted by Gasteiger charge is 2.44. The van der Waals surface area contributed by atoms with Crippen molar-refractivity contribution >= 4 is 14.2 Å². The Balaban J connectivity index is 2.02. The maximum absolute atomic E-state index is 13.9. The number of hydrogen-bond donors (Lipinski definition) is 0. The van der Waals surface area contributed by atoms with Gasteiger partial charge in [-0.25, -0.2) is 4.79 Å². The Labute approximate surface area is 231 Å². The second-order valence-corrected chi connectivity index (χ2v) is 16.2. The van der Waals surface area contributed by atoms with Crippen LogP contribution >= 0.6 is 0 Å². The van der Waals surface area contributed by atoms with Gasteiger partial charge in [0.25, 0.3) is 5.56 Å². The Morgan fingerprint density at radius 3 is 2.45 bits per heavy atom. The van der Waals surface area contributed by atoms with Crippen LogP contribution in [-0.2, 0) is 20.1 Å². The lowest BCUT2D eigenvalue weighted by Gasteiger charge is -2.37. The quantitative estimate of drug-likeness (QED) is 0.345. The van der Waals surface area contributed by atoms with Crippen LogP contribution in [0.25, 0.3) is 0 Å². The van der Waals surface area contributed by atoms with Gasteiger partial charge in [0, 0.05) is 18.5 Å². The number of alkyl halides is 3. The largest absolute Gasteiger partial charge is 0.459 e. The van der Waals surface area contributed by atoms with Crippen LogP contribution < -0.4 is 11.2 Å². The van der Waals surface area contributed by atoms with Crippen LogP contribution in [0.3, 0.4) is 0 Å². The number of rotatable bonds is 7. The maximum atomic E-state index is 13.9. The van der Waals surface area contributed by atoms with E-state index in [0.717, 1.165) is 12.3 Å². The van der Waals surface area contributed by atoms with E-state index in [4.69, 9.17) is 18.3 Å². The Kier molecular flexibility index (Phi) is 9.40. The average molecular weight is 585 g/mol. The van der Waals surface area contributed by atoms with E-state index < -0.39 is 61.4 Å². The van der Waals surface area contributed by atoms with Crippen LogP contribution in [0.4, 0.5) is 13.2 Å². The van der Waals surface area contributed by atoms with Gasteiger partial charge in [-0.05, 0) is 30.3 Å². The van der Waals surface area contributed by atoms with Crippen LogP contribution in [0.15, 0.2) is 38.6 Å². The molecule has 0 radical (unpaired) electrons. The van der Waals surface area contributed by atoms with Crippen molar-refractivity contribution in [2.75, 3.05) is 13.2 Å². The predicted octanol–water partition coefficient (Wildman–Crippen LogP) is 4.66. The zero-order valence-electron chi connectivity index (χ0n) is 23.6. The van der Waals surface area contributed by atoms with Gasteiger partial charge in [-0.1, -0.05) is 46.5 Å². The summed E-state index contributed by atoms with van der Waals surface area (Å²) in [6, 6.07) is 2.45. The van der Waals surface area contributed by atoms with E-state index in [0.29, 0.717) is 10.8 Å².